The molecule has 0 aromatic carbocycles. The van der Waals surface area contributed by atoms with Gasteiger partial charge in [-0.1, -0.05) is 18.9 Å². The van der Waals surface area contributed by atoms with E-state index >= 15 is 0 Å². The number of amides is 1. The highest BCUT2D eigenvalue weighted by Crippen LogP contribution is 2.25. The van der Waals surface area contributed by atoms with E-state index in [1.165, 1.54) is 12.8 Å². The van der Waals surface area contributed by atoms with Crippen molar-refractivity contribution in [1.29, 1.82) is 0 Å². The Morgan fingerprint density at radius 1 is 1.55 bits per heavy atom. The summed E-state index contributed by atoms with van der Waals surface area (Å²) in [6.45, 7) is 3.06. The van der Waals surface area contributed by atoms with Gasteiger partial charge < -0.3 is 4.90 Å². The quantitative estimate of drug-likeness (QED) is 0.851. The molecule has 0 spiro atoms. The number of hydrogen-bond acceptors (Lipinski definition) is 4. The Morgan fingerprint density at radius 3 is 2.95 bits per heavy atom. The van der Waals surface area contributed by atoms with Gasteiger partial charge in [-0.2, -0.15) is 5.10 Å². The molecule has 1 N–H and O–H groups in total. The normalized spacial score (nSPS) is 15.3. The molecule has 2 aromatic heterocycles. The van der Waals surface area contributed by atoms with Crippen molar-refractivity contribution in [2.45, 2.75) is 45.2 Å². The van der Waals surface area contributed by atoms with Gasteiger partial charge in [0.05, 0.1) is 4.88 Å². The minimum atomic E-state index is 0.129. The zero-order valence-corrected chi connectivity index (χ0v) is 14.3. The maximum Gasteiger partial charge on any atom is 0.242 e. The first-order valence-electron chi connectivity index (χ1n) is 7.69. The van der Waals surface area contributed by atoms with Crippen LogP contribution in [0.25, 0.3) is 10.7 Å². The number of rotatable bonds is 5. The highest BCUT2D eigenvalue weighted by atomic mass is 32.1. The molecule has 0 aliphatic heterocycles. The molecule has 0 bridgehead atoms. The summed E-state index contributed by atoms with van der Waals surface area (Å²) in [6.07, 6.45) is 4.68. The van der Waals surface area contributed by atoms with Crippen LogP contribution >= 0.6 is 23.6 Å². The highest BCUT2D eigenvalue weighted by Gasteiger charge is 2.26. The third kappa shape index (κ3) is 3.01. The third-order valence-electron chi connectivity index (χ3n) is 4.22. The number of carbonyl (C=O) groups excluding carboxylic acids is 1. The highest BCUT2D eigenvalue weighted by molar-refractivity contribution is 7.71. The molecule has 0 saturated heterocycles. The molecular weight excluding hydrogens is 316 g/mol. The average Bonchev–Trinajstić information content (AvgIpc) is 3.23. The summed E-state index contributed by atoms with van der Waals surface area (Å²) in [5.74, 6) is 0.875. The minimum absolute atomic E-state index is 0.129. The SMILES string of the molecule is CCN(C(=O)Cn1c(-c2cccs2)n[nH]c1=S)C1CCCC1. The van der Waals surface area contributed by atoms with Crippen molar-refractivity contribution in [1.82, 2.24) is 19.7 Å². The van der Waals surface area contributed by atoms with Crippen LogP contribution in [0.1, 0.15) is 32.6 Å². The van der Waals surface area contributed by atoms with E-state index in [2.05, 4.69) is 10.2 Å². The van der Waals surface area contributed by atoms with Crippen LogP contribution < -0.4 is 0 Å². The minimum Gasteiger partial charge on any atom is -0.338 e. The summed E-state index contributed by atoms with van der Waals surface area (Å²) in [5, 5.41) is 9.08. The molecule has 5 nitrogen and oxygen atoms in total. The Kier molecular flexibility index (Phi) is 4.73. The van der Waals surface area contributed by atoms with E-state index in [9.17, 15) is 4.79 Å². The van der Waals surface area contributed by atoms with Crippen LogP contribution in [0.5, 0.6) is 0 Å². The van der Waals surface area contributed by atoms with Gasteiger partial charge in [0, 0.05) is 12.6 Å². The summed E-state index contributed by atoms with van der Waals surface area (Å²) in [7, 11) is 0. The lowest BCUT2D eigenvalue weighted by Crippen LogP contribution is -2.40. The zero-order valence-electron chi connectivity index (χ0n) is 12.6. The molecule has 1 fully saturated rings. The van der Waals surface area contributed by atoms with Gasteiger partial charge in [-0.3, -0.25) is 14.5 Å². The molecule has 0 atom stereocenters. The van der Waals surface area contributed by atoms with Gasteiger partial charge in [-0.05, 0) is 43.4 Å². The van der Waals surface area contributed by atoms with Crippen molar-refractivity contribution in [3.05, 3.63) is 22.3 Å². The standard InChI is InChI=1S/C15H20N4OS2/c1-2-18(11-6-3-4-7-11)13(20)10-19-14(16-17-15(19)21)12-8-5-9-22-12/h5,8-9,11H,2-4,6-7,10H2,1H3,(H,17,21). The van der Waals surface area contributed by atoms with E-state index in [0.717, 1.165) is 30.1 Å². The van der Waals surface area contributed by atoms with Crippen LogP contribution in [-0.2, 0) is 11.3 Å². The number of aromatic nitrogens is 3. The predicted molar refractivity (Wildman–Crippen MR) is 90.4 cm³/mol. The van der Waals surface area contributed by atoms with Gasteiger partial charge in [0.15, 0.2) is 10.6 Å². The fourth-order valence-corrected chi connectivity index (χ4v) is 4.06. The molecule has 3 rings (SSSR count). The second kappa shape index (κ2) is 6.75. The Bertz CT molecular complexity index is 683. The van der Waals surface area contributed by atoms with Gasteiger partial charge in [0.25, 0.3) is 0 Å². The van der Waals surface area contributed by atoms with Gasteiger partial charge in [-0.25, -0.2) is 0 Å². The number of nitrogens with one attached hydrogen (secondary N) is 1. The number of carbonyl (C=O) groups is 1. The maximum atomic E-state index is 12.7. The summed E-state index contributed by atoms with van der Waals surface area (Å²) < 4.78 is 2.31. The van der Waals surface area contributed by atoms with Crippen molar-refractivity contribution < 1.29 is 4.79 Å². The lowest BCUT2D eigenvalue weighted by atomic mass is 10.2. The van der Waals surface area contributed by atoms with Crippen LogP contribution in [0.3, 0.4) is 0 Å². The van der Waals surface area contributed by atoms with E-state index in [4.69, 9.17) is 12.2 Å². The molecule has 118 valence electrons. The molecule has 2 heterocycles. The van der Waals surface area contributed by atoms with Crippen LogP contribution in [0.15, 0.2) is 17.5 Å². The van der Waals surface area contributed by atoms with Gasteiger partial charge >= 0.3 is 0 Å². The Hall–Kier alpha value is -1.47. The first-order chi connectivity index (χ1) is 10.7. The number of nitrogens with zero attached hydrogens (tertiary/aromatic N) is 3. The van der Waals surface area contributed by atoms with Crippen LogP contribution in [0.4, 0.5) is 0 Å². The average molecular weight is 336 g/mol. The first-order valence-corrected chi connectivity index (χ1v) is 8.98. The smallest absolute Gasteiger partial charge is 0.242 e. The lowest BCUT2D eigenvalue weighted by molar-refractivity contribution is -0.133. The second-order valence-electron chi connectivity index (χ2n) is 5.53. The molecule has 1 saturated carbocycles. The summed E-state index contributed by atoms with van der Waals surface area (Å²) in [4.78, 5) is 15.7. The molecule has 7 heteroatoms. The van der Waals surface area contributed by atoms with Gasteiger partial charge in [0.1, 0.15) is 6.54 Å². The first kappa shape index (κ1) is 15.4. The van der Waals surface area contributed by atoms with Crippen molar-refractivity contribution >= 4 is 29.5 Å². The summed E-state index contributed by atoms with van der Waals surface area (Å²) >= 11 is 6.90. The summed E-state index contributed by atoms with van der Waals surface area (Å²) in [6, 6.07) is 4.36. The molecule has 1 aliphatic carbocycles. The number of aromatic amines is 1. The number of H-pyrrole nitrogens is 1. The second-order valence-corrected chi connectivity index (χ2v) is 6.87. The number of thiophene rings is 1. The van der Waals surface area contributed by atoms with E-state index in [-0.39, 0.29) is 12.5 Å². The van der Waals surface area contributed by atoms with E-state index in [1.807, 2.05) is 29.3 Å². The monoisotopic (exact) mass is 336 g/mol. The molecule has 0 radical (unpaired) electrons. The Balaban J connectivity index is 1.82. The molecule has 2 aromatic rings. The van der Waals surface area contributed by atoms with Gasteiger partial charge in [-0.15, -0.1) is 11.3 Å². The predicted octanol–water partition coefficient (Wildman–Crippen LogP) is 3.46. The van der Waals surface area contributed by atoms with Crippen molar-refractivity contribution in [3.8, 4) is 10.7 Å². The van der Waals surface area contributed by atoms with E-state index < -0.39 is 0 Å². The van der Waals surface area contributed by atoms with Crippen molar-refractivity contribution in [2.24, 2.45) is 0 Å². The lowest BCUT2D eigenvalue weighted by Gasteiger charge is -2.28. The topological polar surface area (TPSA) is 53.9 Å². The Labute approximate surface area is 139 Å². The fourth-order valence-electron chi connectivity index (χ4n) is 3.14. The third-order valence-corrected chi connectivity index (χ3v) is 5.40. The van der Waals surface area contributed by atoms with Crippen molar-refractivity contribution in [2.75, 3.05) is 6.54 Å². The Morgan fingerprint density at radius 2 is 2.32 bits per heavy atom. The maximum absolute atomic E-state index is 12.7. The van der Waals surface area contributed by atoms with Crippen LogP contribution in [0, 0.1) is 4.77 Å². The van der Waals surface area contributed by atoms with Crippen molar-refractivity contribution in [3.63, 3.8) is 0 Å². The number of hydrogen-bond donors (Lipinski definition) is 1. The van der Waals surface area contributed by atoms with E-state index in [1.54, 1.807) is 15.9 Å². The van der Waals surface area contributed by atoms with Crippen LogP contribution in [-0.4, -0.2) is 38.2 Å². The number of likely N-dealkylation sites (N-methyl/N-ethyl adjacent to an activating group) is 1. The zero-order chi connectivity index (χ0) is 15.5. The molecule has 0 unspecified atom stereocenters. The van der Waals surface area contributed by atoms with E-state index in [0.29, 0.717) is 10.8 Å². The largest absolute Gasteiger partial charge is 0.338 e. The molecule has 1 amide bonds. The van der Waals surface area contributed by atoms with Gasteiger partial charge in [0.2, 0.25) is 5.91 Å². The molecular formula is C15H20N4OS2. The van der Waals surface area contributed by atoms with Crippen LogP contribution in [0.2, 0.25) is 0 Å². The molecule has 1 aliphatic rings. The summed E-state index contributed by atoms with van der Waals surface area (Å²) in [5.41, 5.74) is 0. The molecule has 22 heavy (non-hydrogen) atoms. The fraction of sp³-hybridized carbons (Fsp3) is 0.533.